The molecule has 1 N–H and O–H groups in total. The molecule has 0 fully saturated rings. The van der Waals surface area contributed by atoms with Gasteiger partial charge in [0.2, 0.25) is 5.91 Å². The number of aryl methyl sites for hydroxylation is 1. The van der Waals surface area contributed by atoms with Crippen LogP contribution in [0.5, 0.6) is 11.5 Å². The SMILES string of the molecule is C=CC(=O)Nc1cn(C)nc1Cc1cc2cc(C(=O)Cc3c(F)c(OC)cc(OC)c3Cl)sc2cn1. The number of methoxy groups -OCH3 is 2. The largest absolute Gasteiger partial charge is 0.495 e. The Bertz CT molecular complexity index is 1470. The predicted octanol–water partition coefficient (Wildman–Crippen LogP) is 4.98. The number of benzene rings is 1. The van der Waals surface area contributed by atoms with E-state index in [1.807, 2.05) is 6.07 Å². The molecule has 4 aromatic rings. The van der Waals surface area contributed by atoms with Crippen LogP contribution in [0.4, 0.5) is 10.1 Å². The summed E-state index contributed by atoms with van der Waals surface area (Å²) in [6, 6.07) is 4.95. The van der Waals surface area contributed by atoms with Crippen molar-refractivity contribution in [1.29, 1.82) is 0 Å². The van der Waals surface area contributed by atoms with Gasteiger partial charge in [0.1, 0.15) is 5.75 Å². The number of aromatic nitrogens is 3. The minimum atomic E-state index is -0.698. The number of pyridine rings is 1. The summed E-state index contributed by atoms with van der Waals surface area (Å²) in [5.41, 5.74) is 1.93. The van der Waals surface area contributed by atoms with Crippen molar-refractivity contribution in [2.24, 2.45) is 7.05 Å². The lowest BCUT2D eigenvalue weighted by Gasteiger charge is -2.12. The number of rotatable bonds is 9. The number of hydrogen-bond acceptors (Lipinski definition) is 7. The Morgan fingerprint density at radius 2 is 2.00 bits per heavy atom. The van der Waals surface area contributed by atoms with Crippen molar-refractivity contribution < 1.29 is 23.5 Å². The number of carbonyl (C=O) groups is 2. The monoisotopic (exact) mass is 528 g/mol. The number of nitrogens with zero attached hydrogens (tertiary/aromatic N) is 3. The van der Waals surface area contributed by atoms with E-state index in [0.29, 0.717) is 28.4 Å². The summed E-state index contributed by atoms with van der Waals surface area (Å²) in [6.45, 7) is 3.46. The topological polar surface area (TPSA) is 95.3 Å². The number of ketones is 1. The van der Waals surface area contributed by atoms with Gasteiger partial charge >= 0.3 is 0 Å². The molecule has 0 aliphatic heterocycles. The van der Waals surface area contributed by atoms with Crippen LogP contribution in [-0.4, -0.2) is 40.7 Å². The molecule has 1 aromatic carbocycles. The van der Waals surface area contributed by atoms with Crippen LogP contribution in [0.15, 0.2) is 43.2 Å². The summed E-state index contributed by atoms with van der Waals surface area (Å²) >= 11 is 7.55. The molecular weight excluding hydrogens is 507 g/mol. The molecule has 0 saturated carbocycles. The van der Waals surface area contributed by atoms with E-state index >= 15 is 0 Å². The maximum atomic E-state index is 14.9. The minimum absolute atomic E-state index is 0.0124. The lowest BCUT2D eigenvalue weighted by atomic mass is 10.1. The number of halogens is 2. The fourth-order valence-electron chi connectivity index (χ4n) is 3.69. The van der Waals surface area contributed by atoms with Gasteiger partial charge in [0.05, 0.1) is 40.2 Å². The maximum absolute atomic E-state index is 14.9. The lowest BCUT2D eigenvalue weighted by Crippen LogP contribution is -2.08. The van der Waals surface area contributed by atoms with Crippen LogP contribution >= 0.6 is 22.9 Å². The van der Waals surface area contributed by atoms with E-state index in [1.54, 1.807) is 30.2 Å². The Morgan fingerprint density at radius 3 is 2.69 bits per heavy atom. The molecule has 3 heterocycles. The van der Waals surface area contributed by atoms with Gasteiger partial charge in [-0.3, -0.25) is 19.3 Å². The average molecular weight is 529 g/mol. The molecule has 11 heteroatoms. The van der Waals surface area contributed by atoms with Gasteiger partial charge in [0, 0.05) is 49.6 Å². The normalized spacial score (nSPS) is 10.9. The predicted molar refractivity (Wildman–Crippen MR) is 137 cm³/mol. The first-order chi connectivity index (χ1) is 17.2. The van der Waals surface area contributed by atoms with Gasteiger partial charge in [-0.05, 0) is 23.6 Å². The maximum Gasteiger partial charge on any atom is 0.247 e. The molecule has 4 rings (SSSR count). The van der Waals surface area contributed by atoms with E-state index in [0.717, 1.165) is 10.1 Å². The average Bonchev–Trinajstić information content (AvgIpc) is 3.44. The zero-order chi connectivity index (χ0) is 26.0. The van der Waals surface area contributed by atoms with Crippen LogP contribution in [-0.2, 0) is 24.7 Å². The zero-order valence-corrected chi connectivity index (χ0v) is 21.3. The Hall–Kier alpha value is -3.76. The second-order valence-corrected chi connectivity index (χ2v) is 9.31. The fourth-order valence-corrected chi connectivity index (χ4v) is 4.92. The summed E-state index contributed by atoms with van der Waals surface area (Å²) in [5, 5.41) is 7.99. The van der Waals surface area contributed by atoms with E-state index in [2.05, 4.69) is 22.0 Å². The van der Waals surface area contributed by atoms with Gasteiger partial charge in [0.25, 0.3) is 0 Å². The highest BCUT2D eigenvalue weighted by Gasteiger charge is 2.22. The van der Waals surface area contributed by atoms with E-state index in [4.69, 9.17) is 21.1 Å². The molecule has 0 unspecified atom stereocenters. The van der Waals surface area contributed by atoms with E-state index in [9.17, 15) is 14.0 Å². The summed E-state index contributed by atoms with van der Waals surface area (Å²) in [5.74, 6) is -1.16. The van der Waals surface area contributed by atoms with E-state index in [1.165, 1.54) is 37.7 Å². The summed E-state index contributed by atoms with van der Waals surface area (Å²) in [6.07, 6.45) is 4.68. The number of ether oxygens (including phenoxy) is 2. The molecular formula is C25H22ClFN4O4S. The van der Waals surface area contributed by atoms with Crippen molar-refractivity contribution in [2.75, 3.05) is 19.5 Å². The number of hydrogen-bond donors (Lipinski definition) is 1. The van der Waals surface area contributed by atoms with Crippen LogP contribution in [0.2, 0.25) is 5.02 Å². The third kappa shape index (κ3) is 5.09. The van der Waals surface area contributed by atoms with Crippen molar-refractivity contribution in [3.63, 3.8) is 0 Å². The first-order valence-corrected chi connectivity index (χ1v) is 11.9. The van der Waals surface area contributed by atoms with Crippen LogP contribution in [0.3, 0.4) is 0 Å². The van der Waals surface area contributed by atoms with Crippen LogP contribution in [0.25, 0.3) is 10.1 Å². The Balaban J connectivity index is 1.59. The molecule has 0 atom stereocenters. The number of thiophene rings is 1. The highest BCUT2D eigenvalue weighted by molar-refractivity contribution is 7.20. The minimum Gasteiger partial charge on any atom is -0.495 e. The quantitative estimate of drug-likeness (QED) is 0.243. The van der Waals surface area contributed by atoms with Crippen molar-refractivity contribution in [2.45, 2.75) is 12.8 Å². The Morgan fingerprint density at radius 1 is 1.25 bits per heavy atom. The first kappa shape index (κ1) is 25.3. The van der Waals surface area contributed by atoms with Gasteiger partial charge < -0.3 is 14.8 Å². The number of amides is 1. The Kier molecular flexibility index (Phi) is 7.37. The zero-order valence-electron chi connectivity index (χ0n) is 19.7. The third-order valence-electron chi connectivity index (χ3n) is 5.43. The van der Waals surface area contributed by atoms with Crippen molar-refractivity contribution in [1.82, 2.24) is 14.8 Å². The van der Waals surface area contributed by atoms with Crippen LogP contribution in [0.1, 0.15) is 26.6 Å². The first-order valence-electron chi connectivity index (χ1n) is 10.7. The number of anilines is 1. The molecule has 0 radical (unpaired) electrons. The number of fused-ring (bicyclic) bond motifs is 1. The number of carbonyl (C=O) groups excluding carboxylic acids is 2. The van der Waals surface area contributed by atoms with Crippen LogP contribution in [0, 0.1) is 5.82 Å². The molecule has 8 nitrogen and oxygen atoms in total. The molecule has 36 heavy (non-hydrogen) atoms. The number of nitrogens with one attached hydrogen (secondary N) is 1. The fraction of sp³-hybridized carbons (Fsp3) is 0.200. The molecule has 186 valence electrons. The molecule has 3 aromatic heterocycles. The highest BCUT2D eigenvalue weighted by atomic mass is 35.5. The van der Waals surface area contributed by atoms with Crippen LogP contribution < -0.4 is 14.8 Å². The van der Waals surface area contributed by atoms with Crippen molar-refractivity contribution in [3.8, 4) is 11.5 Å². The van der Waals surface area contributed by atoms with E-state index < -0.39 is 5.82 Å². The van der Waals surface area contributed by atoms with E-state index in [-0.39, 0.29) is 40.2 Å². The van der Waals surface area contributed by atoms with Gasteiger partial charge in [0.15, 0.2) is 17.3 Å². The third-order valence-corrected chi connectivity index (χ3v) is 6.98. The van der Waals surface area contributed by atoms with Gasteiger partial charge in [-0.15, -0.1) is 11.3 Å². The Labute approximate surface area is 215 Å². The lowest BCUT2D eigenvalue weighted by molar-refractivity contribution is -0.111. The molecule has 0 spiro atoms. The highest BCUT2D eigenvalue weighted by Crippen LogP contribution is 2.37. The van der Waals surface area contributed by atoms with Gasteiger partial charge in [-0.25, -0.2) is 4.39 Å². The summed E-state index contributed by atoms with van der Waals surface area (Å²) < 4.78 is 27.5. The standard InChI is InChI=1S/C25H22ClFN4O4S/c1-5-23(33)29-17-12-31(2)30-16(17)8-14-6-13-7-21(36-22(13)11-28-14)18(32)9-15-24(26)19(34-3)10-20(35-4)25(15)27/h5-7,10-12H,1,8-9H2,2-4H3,(H,29,33). The molecule has 0 saturated heterocycles. The summed E-state index contributed by atoms with van der Waals surface area (Å²) in [7, 11) is 4.49. The summed E-state index contributed by atoms with van der Waals surface area (Å²) in [4.78, 5) is 29.7. The van der Waals surface area contributed by atoms with Gasteiger partial charge in [-0.1, -0.05) is 18.2 Å². The van der Waals surface area contributed by atoms with Crippen molar-refractivity contribution in [3.05, 3.63) is 75.9 Å². The smallest absolute Gasteiger partial charge is 0.247 e. The molecule has 0 aliphatic rings. The number of Topliss-reactive ketones (excluding diaryl/α,β-unsaturated/α-hetero) is 1. The molecule has 0 aliphatic carbocycles. The van der Waals surface area contributed by atoms with Gasteiger partial charge in [-0.2, -0.15) is 5.10 Å². The molecule has 1 amide bonds. The second-order valence-electron chi connectivity index (χ2n) is 7.84. The molecule has 0 bridgehead atoms. The van der Waals surface area contributed by atoms with Crippen molar-refractivity contribution >= 4 is 50.4 Å². The second kappa shape index (κ2) is 10.5.